The summed E-state index contributed by atoms with van der Waals surface area (Å²) in [5.74, 6) is 0.0683. The summed E-state index contributed by atoms with van der Waals surface area (Å²) in [6.07, 6.45) is 11.2. The summed E-state index contributed by atoms with van der Waals surface area (Å²) < 4.78 is 15.6. The van der Waals surface area contributed by atoms with Gasteiger partial charge in [-0.05, 0) is 91.3 Å². The van der Waals surface area contributed by atoms with Gasteiger partial charge in [-0.2, -0.15) is 0 Å². The van der Waals surface area contributed by atoms with Crippen LogP contribution in [-0.4, -0.2) is 58.0 Å². The van der Waals surface area contributed by atoms with E-state index < -0.39 is 28.7 Å². The Bertz CT molecular complexity index is 1500. The second-order valence-corrected chi connectivity index (χ2v) is 19.0. The molecule has 0 unspecified atom stereocenters. The quantitative estimate of drug-likeness (QED) is 0.242. The molecule has 274 valence electrons. The van der Waals surface area contributed by atoms with Crippen LogP contribution in [0.1, 0.15) is 124 Å². The lowest BCUT2D eigenvalue weighted by molar-refractivity contribution is -0.251. The van der Waals surface area contributed by atoms with Crippen molar-refractivity contribution in [3.05, 3.63) is 29.9 Å². The first-order valence-corrected chi connectivity index (χ1v) is 19.0. The van der Waals surface area contributed by atoms with Gasteiger partial charge in [-0.25, -0.2) is 4.98 Å². The van der Waals surface area contributed by atoms with Crippen molar-refractivity contribution in [2.24, 2.45) is 74.0 Å². The number of aromatic nitrogens is 2. The number of carboxylic acid groups (broad SMARTS) is 1. The predicted molar refractivity (Wildman–Crippen MR) is 191 cm³/mol. The van der Waals surface area contributed by atoms with Crippen molar-refractivity contribution in [2.45, 2.75) is 125 Å². The van der Waals surface area contributed by atoms with E-state index in [4.69, 9.17) is 20.9 Å². The lowest BCUT2D eigenvalue weighted by Gasteiger charge is -2.71. The summed E-state index contributed by atoms with van der Waals surface area (Å²) in [5.41, 5.74) is 12.1. The average Bonchev–Trinajstić information content (AvgIpc) is 3.50. The Morgan fingerprint density at radius 1 is 1.10 bits per heavy atom. The van der Waals surface area contributed by atoms with Crippen molar-refractivity contribution in [1.82, 2.24) is 9.55 Å². The van der Waals surface area contributed by atoms with Gasteiger partial charge in [0.15, 0.2) is 5.82 Å². The molecule has 9 nitrogen and oxygen atoms in total. The van der Waals surface area contributed by atoms with Gasteiger partial charge in [0.25, 0.3) is 5.91 Å². The zero-order chi connectivity index (χ0) is 36.1. The number of carbonyl (C=O) groups is 2. The van der Waals surface area contributed by atoms with Crippen molar-refractivity contribution in [3.8, 4) is 0 Å². The van der Waals surface area contributed by atoms with E-state index in [9.17, 15) is 14.7 Å². The number of hydrogen-bond acceptors (Lipinski definition) is 6. The Balaban J connectivity index is 1.47. The van der Waals surface area contributed by atoms with Gasteiger partial charge >= 0.3 is 5.97 Å². The molecule has 0 spiro atoms. The van der Waals surface area contributed by atoms with Crippen LogP contribution in [0.15, 0.2) is 24.0 Å². The summed E-state index contributed by atoms with van der Waals surface area (Å²) in [7, 11) is 0. The smallest absolute Gasteiger partial charge is 0.307 e. The lowest BCUT2D eigenvalue weighted by atomic mass is 9.34. The minimum atomic E-state index is -0.647. The molecule has 5 aliphatic rings. The van der Waals surface area contributed by atoms with E-state index in [2.05, 4.69) is 73.4 Å². The number of hydrogen-bond donors (Lipinski definition) is 3. The number of carboxylic acids is 1. The number of nitrogens with two attached hydrogens (primary N) is 2. The number of nitrogens with zero attached hydrogens (tertiary/aromatic N) is 2. The molecule has 9 heteroatoms. The Morgan fingerprint density at radius 2 is 1.80 bits per heavy atom. The van der Waals surface area contributed by atoms with Crippen molar-refractivity contribution >= 4 is 11.9 Å². The number of ether oxygens (including phenoxy) is 2. The van der Waals surface area contributed by atoms with Crippen LogP contribution in [-0.2, 0) is 14.3 Å². The summed E-state index contributed by atoms with van der Waals surface area (Å²) in [4.78, 5) is 30.6. The van der Waals surface area contributed by atoms with E-state index >= 15 is 0 Å². The standard InChI is InChI=1S/C40H64N4O5/c1-23(2)25(5)35(6)15-16-37(8)26-11-12-29-36(7)20-48-22-40(29,27(26)13-14-38(37,9)30(35)34(46)47)19-28(44-18-17-43-33(44)32(41)45)31(36)49-21-39(10,42)24(3)4/h13,17-18,23-26,28-31H,11-12,14-16,19-22,42H2,1-10H3,(H2,41,45)(H,46,47)/t25-,26+,28-,29+,30-,31+,35-,36-,37-,38+,39-,40+/m1/s1. The molecule has 49 heavy (non-hydrogen) atoms. The van der Waals surface area contributed by atoms with Gasteiger partial charge in [0, 0.05) is 28.8 Å². The fourth-order valence-corrected chi connectivity index (χ4v) is 12.4. The van der Waals surface area contributed by atoms with Crippen LogP contribution in [0.25, 0.3) is 0 Å². The fourth-order valence-electron chi connectivity index (χ4n) is 12.4. The number of primary amides is 1. The van der Waals surface area contributed by atoms with Crippen LogP contribution in [0.5, 0.6) is 0 Å². The molecular weight excluding hydrogens is 616 g/mol. The Kier molecular flexibility index (Phi) is 8.88. The molecule has 0 aromatic carbocycles. The molecule has 1 saturated heterocycles. The first-order chi connectivity index (χ1) is 22.7. The highest BCUT2D eigenvalue weighted by Crippen LogP contribution is 2.75. The second-order valence-electron chi connectivity index (χ2n) is 19.0. The Morgan fingerprint density at radius 3 is 2.41 bits per heavy atom. The van der Waals surface area contributed by atoms with Crippen LogP contribution < -0.4 is 11.5 Å². The molecule has 4 fully saturated rings. The molecule has 2 bridgehead atoms. The second kappa shape index (κ2) is 11.9. The SMILES string of the molecule is CC(C)[C@@H](C)[C@@]1(C)CC[C@]2(C)[C@H]3CC[C@@H]4[C@@]5(COC[C@@]4(C)[C@@H](OC[C@@](C)(N)C(C)C)[C@H](n4ccnc4C(N)=O)C5)C3=CC[C@@]2(C)[C@@H]1C(=O)O. The number of amides is 1. The number of imidazole rings is 1. The third-order valence-corrected chi connectivity index (χ3v) is 16.2. The summed E-state index contributed by atoms with van der Waals surface area (Å²) in [6.45, 7) is 23.9. The minimum absolute atomic E-state index is 0.182. The van der Waals surface area contributed by atoms with Gasteiger partial charge in [-0.15, -0.1) is 0 Å². The van der Waals surface area contributed by atoms with Crippen LogP contribution in [0.4, 0.5) is 0 Å². The van der Waals surface area contributed by atoms with Crippen molar-refractivity contribution in [1.29, 1.82) is 0 Å². The zero-order valence-corrected chi connectivity index (χ0v) is 31.8. The van der Waals surface area contributed by atoms with Gasteiger partial charge in [-0.1, -0.05) is 74.0 Å². The maximum atomic E-state index is 13.5. The molecule has 0 radical (unpaired) electrons. The first-order valence-electron chi connectivity index (χ1n) is 19.0. The Labute approximate surface area is 294 Å². The highest BCUT2D eigenvalue weighted by molar-refractivity contribution is 5.89. The van der Waals surface area contributed by atoms with Crippen LogP contribution in [0.2, 0.25) is 0 Å². The fraction of sp³-hybridized carbons (Fsp3) is 0.825. The molecule has 4 aliphatic carbocycles. The largest absolute Gasteiger partial charge is 0.481 e. The minimum Gasteiger partial charge on any atom is -0.481 e. The number of aliphatic carboxylic acids is 1. The molecule has 1 aromatic heterocycles. The number of rotatable bonds is 9. The number of fused-ring (bicyclic) bond motifs is 3. The predicted octanol–water partition coefficient (Wildman–Crippen LogP) is 6.87. The number of carbonyl (C=O) groups excluding carboxylic acids is 1. The van der Waals surface area contributed by atoms with Crippen LogP contribution in [0, 0.1) is 62.6 Å². The molecule has 2 heterocycles. The topological polar surface area (TPSA) is 143 Å². The van der Waals surface area contributed by atoms with E-state index in [1.165, 1.54) is 5.57 Å². The molecule has 5 N–H and O–H groups in total. The van der Waals surface area contributed by atoms with Crippen molar-refractivity contribution < 1.29 is 24.2 Å². The van der Waals surface area contributed by atoms with Crippen molar-refractivity contribution in [3.63, 3.8) is 0 Å². The molecule has 3 saturated carbocycles. The highest BCUT2D eigenvalue weighted by Gasteiger charge is 2.72. The van der Waals surface area contributed by atoms with E-state index in [1.54, 1.807) is 6.20 Å². The van der Waals surface area contributed by atoms with Gasteiger partial charge in [0.1, 0.15) is 0 Å². The van der Waals surface area contributed by atoms with Crippen molar-refractivity contribution in [2.75, 3.05) is 19.8 Å². The third kappa shape index (κ3) is 5.05. The highest BCUT2D eigenvalue weighted by atomic mass is 16.5. The van der Waals surface area contributed by atoms with Gasteiger partial charge in [-0.3, -0.25) is 9.59 Å². The zero-order valence-electron chi connectivity index (χ0n) is 31.8. The maximum Gasteiger partial charge on any atom is 0.307 e. The third-order valence-electron chi connectivity index (χ3n) is 16.2. The van der Waals surface area contributed by atoms with Crippen LogP contribution >= 0.6 is 0 Å². The Hall–Kier alpha value is -2.23. The summed E-state index contributed by atoms with van der Waals surface area (Å²) in [6, 6.07) is -0.202. The van der Waals surface area contributed by atoms with E-state index in [0.717, 1.165) is 38.5 Å². The molecule has 1 aliphatic heterocycles. The molecule has 12 atom stereocenters. The molecule has 1 amide bonds. The van der Waals surface area contributed by atoms with Crippen LogP contribution in [0.3, 0.4) is 0 Å². The lowest BCUT2D eigenvalue weighted by Crippen LogP contribution is -2.69. The molecule has 6 rings (SSSR count). The summed E-state index contributed by atoms with van der Waals surface area (Å²) in [5, 5.41) is 11.1. The number of allylic oxidation sites excluding steroid dienone is 1. The van der Waals surface area contributed by atoms with E-state index in [1.807, 2.05) is 17.7 Å². The van der Waals surface area contributed by atoms with E-state index in [0.29, 0.717) is 37.6 Å². The van der Waals surface area contributed by atoms with E-state index in [-0.39, 0.29) is 51.5 Å². The van der Waals surface area contributed by atoms with Gasteiger partial charge in [0.05, 0.1) is 37.9 Å². The van der Waals surface area contributed by atoms with Gasteiger partial charge < -0.3 is 30.6 Å². The molecular formula is C40H64N4O5. The summed E-state index contributed by atoms with van der Waals surface area (Å²) >= 11 is 0. The molecule has 1 aromatic rings. The average molecular weight is 681 g/mol. The van der Waals surface area contributed by atoms with Gasteiger partial charge in [0.2, 0.25) is 0 Å². The maximum absolute atomic E-state index is 13.5. The normalized spacial score (nSPS) is 43.5. The first kappa shape index (κ1) is 36.6. The monoisotopic (exact) mass is 680 g/mol.